The molecule has 1 saturated carbocycles. The summed E-state index contributed by atoms with van der Waals surface area (Å²) in [4.78, 5) is 0. The van der Waals surface area contributed by atoms with Crippen molar-refractivity contribution in [3.8, 4) is 0 Å². The smallest absolute Gasteiger partial charge is 0.111 e. The van der Waals surface area contributed by atoms with E-state index in [1.54, 1.807) is 25.2 Å². The Morgan fingerprint density at radius 3 is 2.79 bits per heavy atom. The molecule has 108 valence electrons. The van der Waals surface area contributed by atoms with E-state index in [4.69, 9.17) is 0 Å². The molecule has 1 fully saturated rings. The predicted molar refractivity (Wildman–Crippen MR) is 80.1 cm³/mol. The molecule has 3 N–H and O–H groups in total. The fraction of sp³-hybridized carbons (Fsp3) is 0.625. The highest BCUT2D eigenvalue weighted by Crippen LogP contribution is 2.40. The van der Waals surface area contributed by atoms with Gasteiger partial charge in [-0.1, -0.05) is 18.9 Å². The molecule has 0 amide bonds. The SMILES string of the molecule is C=CC/C(=C\C(O)=C/C)[C@@]1(O)CCCC[C@@H]1CNC. The second-order valence-corrected chi connectivity index (χ2v) is 5.30. The highest BCUT2D eigenvalue weighted by Gasteiger charge is 2.40. The zero-order valence-corrected chi connectivity index (χ0v) is 12.2. The topological polar surface area (TPSA) is 52.5 Å². The molecule has 0 spiro atoms. The van der Waals surface area contributed by atoms with Gasteiger partial charge in [0.15, 0.2) is 0 Å². The number of aliphatic hydroxyl groups is 2. The summed E-state index contributed by atoms with van der Waals surface area (Å²) < 4.78 is 0. The molecule has 3 heteroatoms. The Balaban J connectivity index is 3.07. The Kier molecular flexibility index (Phi) is 6.32. The molecule has 0 aromatic carbocycles. The Morgan fingerprint density at radius 2 is 2.21 bits per heavy atom. The van der Waals surface area contributed by atoms with Gasteiger partial charge in [-0.25, -0.2) is 0 Å². The van der Waals surface area contributed by atoms with E-state index >= 15 is 0 Å². The summed E-state index contributed by atoms with van der Waals surface area (Å²) in [6, 6.07) is 0. The van der Waals surface area contributed by atoms with Crippen LogP contribution in [-0.4, -0.2) is 29.4 Å². The largest absolute Gasteiger partial charge is 0.508 e. The van der Waals surface area contributed by atoms with Crippen molar-refractivity contribution in [3.05, 3.63) is 36.1 Å². The van der Waals surface area contributed by atoms with Crippen LogP contribution in [0.1, 0.15) is 39.0 Å². The van der Waals surface area contributed by atoms with E-state index in [-0.39, 0.29) is 11.7 Å². The average molecular weight is 265 g/mol. The second-order valence-electron chi connectivity index (χ2n) is 5.30. The zero-order valence-electron chi connectivity index (χ0n) is 12.2. The van der Waals surface area contributed by atoms with Crippen molar-refractivity contribution >= 4 is 0 Å². The molecule has 0 radical (unpaired) electrons. The predicted octanol–water partition coefficient (Wildman–Crippen LogP) is 3.09. The minimum Gasteiger partial charge on any atom is -0.508 e. The standard InChI is InChI=1S/C16H27NO2/c1-4-8-13(11-15(18)5-2)16(19)10-7-6-9-14(16)12-17-3/h4-5,11,14,17-19H,1,6-10,12H2,2-3H3/b13-11+,15-5+/t14-,16+/m1/s1. The molecule has 0 saturated heterocycles. The molecule has 0 aromatic rings. The molecule has 0 aromatic heterocycles. The molecule has 3 nitrogen and oxygen atoms in total. The number of rotatable bonds is 6. The van der Waals surface area contributed by atoms with Gasteiger partial charge in [0.1, 0.15) is 5.76 Å². The molecule has 0 aliphatic heterocycles. The van der Waals surface area contributed by atoms with Gasteiger partial charge < -0.3 is 15.5 Å². The third-order valence-corrected chi connectivity index (χ3v) is 4.02. The van der Waals surface area contributed by atoms with E-state index in [1.807, 2.05) is 7.05 Å². The summed E-state index contributed by atoms with van der Waals surface area (Å²) in [6.45, 7) is 6.34. The van der Waals surface area contributed by atoms with Crippen molar-refractivity contribution in [2.24, 2.45) is 5.92 Å². The van der Waals surface area contributed by atoms with E-state index in [9.17, 15) is 10.2 Å². The van der Waals surface area contributed by atoms with Crippen molar-refractivity contribution in [2.45, 2.75) is 44.6 Å². The van der Waals surface area contributed by atoms with Gasteiger partial charge in [-0.3, -0.25) is 0 Å². The molecule has 0 bridgehead atoms. The maximum atomic E-state index is 11.1. The van der Waals surface area contributed by atoms with Gasteiger partial charge in [-0.2, -0.15) is 0 Å². The Morgan fingerprint density at radius 1 is 1.47 bits per heavy atom. The molecule has 1 rings (SSSR count). The molecule has 19 heavy (non-hydrogen) atoms. The third-order valence-electron chi connectivity index (χ3n) is 4.02. The number of nitrogens with one attached hydrogen (secondary N) is 1. The average Bonchev–Trinajstić information content (AvgIpc) is 2.41. The molecule has 2 atom stereocenters. The van der Waals surface area contributed by atoms with Gasteiger partial charge in [-0.05, 0) is 51.0 Å². The lowest BCUT2D eigenvalue weighted by Gasteiger charge is -2.42. The van der Waals surface area contributed by atoms with Gasteiger partial charge in [0.2, 0.25) is 0 Å². The molecule has 1 aliphatic carbocycles. The Labute approximate surface area is 116 Å². The van der Waals surface area contributed by atoms with Crippen molar-refractivity contribution in [1.82, 2.24) is 5.32 Å². The van der Waals surface area contributed by atoms with Crippen LogP contribution >= 0.6 is 0 Å². The number of aliphatic hydroxyl groups excluding tert-OH is 1. The number of allylic oxidation sites excluding steroid dienone is 3. The minimum atomic E-state index is -0.827. The van der Waals surface area contributed by atoms with Gasteiger partial charge in [0.25, 0.3) is 0 Å². The minimum absolute atomic E-state index is 0.196. The monoisotopic (exact) mass is 265 g/mol. The van der Waals surface area contributed by atoms with Crippen LogP contribution in [0.15, 0.2) is 36.1 Å². The highest BCUT2D eigenvalue weighted by molar-refractivity contribution is 5.28. The first-order chi connectivity index (χ1) is 9.08. The summed E-state index contributed by atoms with van der Waals surface area (Å²) in [5.41, 5.74) is 0.0463. The van der Waals surface area contributed by atoms with E-state index in [2.05, 4.69) is 11.9 Å². The summed E-state index contributed by atoms with van der Waals surface area (Å²) in [6.07, 6.45) is 9.70. The van der Waals surface area contributed by atoms with E-state index in [0.29, 0.717) is 6.42 Å². The van der Waals surface area contributed by atoms with Crippen LogP contribution in [0.3, 0.4) is 0 Å². The summed E-state index contributed by atoms with van der Waals surface area (Å²) in [5.74, 6) is 0.404. The van der Waals surface area contributed by atoms with Crippen molar-refractivity contribution in [3.63, 3.8) is 0 Å². The molecule has 0 unspecified atom stereocenters. The zero-order chi connectivity index (χ0) is 14.3. The number of hydrogen-bond acceptors (Lipinski definition) is 3. The number of hydrogen-bond donors (Lipinski definition) is 3. The molecule has 1 aliphatic rings. The molecular weight excluding hydrogens is 238 g/mol. The van der Waals surface area contributed by atoms with Crippen LogP contribution in [0.4, 0.5) is 0 Å². The third kappa shape index (κ3) is 3.95. The van der Waals surface area contributed by atoms with Gasteiger partial charge in [-0.15, -0.1) is 6.58 Å². The molecular formula is C16H27NO2. The van der Waals surface area contributed by atoms with Crippen molar-refractivity contribution in [2.75, 3.05) is 13.6 Å². The first-order valence-corrected chi connectivity index (χ1v) is 7.12. The van der Waals surface area contributed by atoms with Crippen molar-refractivity contribution in [1.29, 1.82) is 0 Å². The lowest BCUT2D eigenvalue weighted by atomic mass is 9.70. The van der Waals surface area contributed by atoms with Gasteiger partial charge in [0, 0.05) is 12.5 Å². The first-order valence-electron chi connectivity index (χ1n) is 7.12. The van der Waals surface area contributed by atoms with Crippen LogP contribution < -0.4 is 5.32 Å². The van der Waals surface area contributed by atoms with Gasteiger partial charge in [0.05, 0.1) is 5.60 Å². The second kappa shape index (κ2) is 7.51. The summed E-state index contributed by atoms with van der Waals surface area (Å²) >= 11 is 0. The quantitative estimate of drug-likeness (QED) is 0.393. The first kappa shape index (κ1) is 16.0. The normalized spacial score (nSPS) is 29.3. The van der Waals surface area contributed by atoms with Crippen LogP contribution in [0.2, 0.25) is 0 Å². The Hall–Kier alpha value is -1.06. The van der Waals surface area contributed by atoms with Gasteiger partial charge >= 0.3 is 0 Å². The van der Waals surface area contributed by atoms with Crippen LogP contribution in [-0.2, 0) is 0 Å². The van der Waals surface area contributed by atoms with Crippen molar-refractivity contribution < 1.29 is 10.2 Å². The fourth-order valence-corrected chi connectivity index (χ4v) is 2.95. The van der Waals surface area contributed by atoms with Crippen LogP contribution in [0.25, 0.3) is 0 Å². The van der Waals surface area contributed by atoms with E-state index in [0.717, 1.165) is 37.8 Å². The lowest BCUT2D eigenvalue weighted by Crippen LogP contribution is -2.46. The van der Waals surface area contributed by atoms with E-state index in [1.165, 1.54) is 0 Å². The maximum Gasteiger partial charge on any atom is 0.111 e. The lowest BCUT2D eigenvalue weighted by molar-refractivity contribution is -0.0158. The maximum absolute atomic E-state index is 11.1. The Bertz CT molecular complexity index is 358. The molecule has 0 heterocycles. The van der Waals surface area contributed by atoms with E-state index < -0.39 is 5.60 Å². The summed E-state index contributed by atoms with van der Waals surface area (Å²) in [7, 11) is 1.91. The summed E-state index contributed by atoms with van der Waals surface area (Å²) in [5, 5.41) is 24.0. The fourth-order valence-electron chi connectivity index (χ4n) is 2.95. The highest BCUT2D eigenvalue weighted by atomic mass is 16.3. The van der Waals surface area contributed by atoms with Crippen LogP contribution in [0, 0.1) is 5.92 Å². The van der Waals surface area contributed by atoms with Crippen LogP contribution in [0.5, 0.6) is 0 Å².